The Labute approximate surface area is 218 Å². The Kier molecular flexibility index (Phi) is 7.66. The monoisotopic (exact) mass is 524 g/mol. The van der Waals surface area contributed by atoms with Gasteiger partial charge in [-0.1, -0.05) is 24.3 Å². The lowest BCUT2D eigenvalue weighted by atomic mass is 10.0. The molecule has 0 bridgehead atoms. The molecule has 2 unspecified atom stereocenters. The molecule has 194 valence electrons. The first-order valence-corrected chi connectivity index (χ1v) is 13.2. The van der Waals surface area contributed by atoms with Gasteiger partial charge in [0.1, 0.15) is 11.9 Å². The predicted octanol–water partition coefficient (Wildman–Crippen LogP) is 4.59. The number of amides is 2. The second-order valence-electron chi connectivity index (χ2n) is 9.25. The Morgan fingerprint density at radius 1 is 1.19 bits per heavy atom. The molecule has 2 aromatic carbocycles. The van der Waals surface area contributed by atoms with Crippen molar-refractivity contribution in [3.05, 3.63) is 64.9 Å². The van der Waals surface area contributed by atoms with Gasteiger partial charge in [0.05, 0.1) is 30.6 Å². The van der Waals surface area contributed by atoms with Gasteiger partial charge in [-0.2, -0.15) is 0 Å². The van der Waals surface area contributed by atoms with E-state index in [0.29, 0.717) is 17.7 Å². The Morgan fingerprint density at radius 2 is 2.03 bits per heavy atom. The molecule has 10 heteroatoms. The highest BCUT2D eigenvalue weighted by Gasteiger charge is 2.32. The summed E-state index contributed by atoms with van der Waals surface area (Å²) in [4.78, 5) is 29.4. The standard InChI is InChI=1S/C27H29FN4O4S/c1-17(33)29-14-23-15-32(27(34)36-23)21-8-9-24(25(28)12-21)19-6-4-18(5-7-19)11-20-16-37-26(31-20)30-13-22-3-2-10-35-22/h4-9,12,16,22-23H,2-3,10-11,13-15H2,1H3,(H,29,33)(H,30,31). The Bertz CT molecular complexity index is 1260. The molecule has 3 aromatic rings. The number of nitrogens with zero attached hydrogens (tertiary/aromatic N) is 2. The smallest absolute Gasteiger partial charge is 0.414 e. The highest BCUT2D eigenvalue weighted by atomic mass is 32.1. The highest BCUT2D eigenvalue weighted by Crippen LogP contribution is 2.30. The van der Waals surface area contributed by atoms with E-state index in [1.165, 1.54) is 17.9 Å². The van der Waals surface area contributed by atoms with Crippen molar-refractivity contribution in [2.45, 2.75) is 38.4 Å². The van der Waals surface area contributed by atoms with E-state index >= 15 is 4.39 Å². The maximum Gasteiger partial charge on any atom is 0.414 e. The van der Waals surface area contributed by atoms with Crippen LogP contribution in [0.5, 0.6) is 0 Å². The number of aromatic nitrogens is 1. The number of nitrogens with one attached hydrogen (secondary N) is 2. The summed E-state index contributed by atoms with van der Waals surface area (Å²) in [5.41, 5.74) is 3.68. The fourth-order valence-corrected chi connectivity index (χ4v) is 5.21. The molecule has 2 saturated heterocycles. The zero-order chi connectivity index (χ0) is 25.8. The molecular weight excluding hydrogens is 495 g/mol. The lowest BCUT2D eigenvalue weighted by molar-refractivity contribution is -0.119. The molecule has 1 aromatic heterocycles. The van der Waals surface area contributed by atoms with Gasteiger partial charge in [0.25, 0.3) is 0 Å². The molecule has 8 nitrogen and oxygen atoms in total. The van der Waals surface area contributed by atoms with Crippen LogP contribution in [0.3, 0.4) is 0 Å². The van der Waals surface area contributed by atoms with Gasteiger partial charge in [-0.25, -0.2) is 14.2 Å². The summed E-state index contributed by atoms with van der Waals surface area (Å²) in [5.74, 6) is -0.626. The third-order valence-electron chi connectivity index (χ3n) is 6.42. The van der Waals surface area contributed by atoms with E-state index in [0.717, 1.165) is 47.9 Å². The average Bonchev–Trinajstić information content (AvgIpc) is 3.64. The number of rotatable bonds is 9. The third kappa shape index (κ3) is 6.26. The Hall–Kier alpha value is -3.50. The number of hydrogen-bond donors (Lipinski definition) is 2. The van der Waals surface area contributed by atoms with Gasteiger partial charge in [-0.3, -0.25) is 9.69 Å². The van der Waals surface area contributed by atoms with Crippen molar-refractivity contribution >= 4 is 34.2 Å². The minimum Gasteiger partial charge on any atom is -0.442 e. The Morgan fingerprint density at radius 3 is 2.76 bits per heavy atom. The van der Waals surface area contributed by atoms with Crippen LogP contribution in [0, 0.1) is 5.82 Å². The van der Waals surface area contributed by atoms with Gasteiger partial charge in [-0.15, -0.1) is 11.3 Å². The molecule has 0 saturated carbocycles. The maximum absolute atomic E-state index is 15.0. The molecule has 2 aliphatic rings. The number of carbonyl (C=O) groups is 2. The van der Waals surface area contributed by atoms with E-state index < -0.39 is 18.0 Å². The predicted molar refractivity (Wildman–Crippen MR) is 141 cm³/mol. The minimum absolute atomic E-state index is 0.200. The molecule has 0 radical (unpaired) electrons. The van der Waals surface area contributed by atoms with Crippen molar-refractivity contribution in [3.63, 3.8) is 0 Å². The van der Waals surface area contributed by atoms with Crippen molar-refractivity contribution in [3.8, 4) is 11.1 Å². The molecule has 2 aliphatic heterocycles. The van der Waals surface area contributed by atoms with Gasteiger partial charge in [-0.05, 0) is 42.2 Å². The van der Waals surface area contributed by atoms with Crippen molar-refractivity contribution in [1.29, 1.82) is 0 Å². The topological polar surface area (TPSA) is 92.8 Å². The molecule has 0 aliphatic carbocycles. The minimum atomic E-state index is -0.556. The third-order valence-corrected chi connectivity index (χ3v) is 7.27. The summed E-state index contributed by atoms with van der Waals surface area (Å²) in [6.45, 7) is 3.49. The summed E-state index contributed by atoms with van der Waals surface area (Å²) >= 11 is 1.59. The molecule has 2 N–H and O–H groups in total. The van der Waals surface area contributed by atoms with Crippen LogP contribution < -0.4 is 15.5 Å². The van der Waals surface area contributed by atoms with Crippen LogP contribution in [-0.2, 0) is 20.7 Å². The SMILES string of the molecule is CC(=O)NCC1CN(c2ccc(-c3ccc(Cc4csc(NCC5CCCO5)n4)cc3)c(F)c2)C(=O)O1. The second kappa shape index (κ2) is 11.3. The van der Waals surface area contributed by atoms with Crippen molar-refractivity contribution < 1.29 is 23.5 Å². The van der Waals surface area contributed by atoms with Crippen LogP contribution in [0.2, 0.25) is 0 Å². The molecule has 2 amide bonds. The number of thiazole rings is 1. The maximum atomic E-state index is 15.0. The average molecular weight is 525 g/mol. The van der Waals surface area contributed by atoms with Gasteiger partial charge >= 0.3 is 6.09 Å². The van der Waals surface area contributed by atoms with Gasteiger partial charge in [0, 0.05) is 37.4 Å². The molecule has 0 spiro atoms. The zero-order valence-corrected chi connectivity index (χ0v) is 21.4. The van der Waals surface area contributed by atoms with Crippen LogP contribution in [0.4, 0.5) is 20.0 Å². The quantitative estimate of drug-likeness (QED) is 0.425. The normalized spacial score (nSPS) is 19.2. The van der Waals surface area contributed by atoms with Crippen LogP contribution in [-0.4, -0.2) is 55.4 Å². The summed E-state index contributed by atoms with van der Waals surface area (Å²) in [6.07, 6.45) is 2.14. The molecule has 37 heavy (non-hydrogen) atoms. The number of cyclic esters (lactones) is 1. The van der Waals surface area contributed by atoms with Crippen LogP contribution in [0.15, 0.2) is 47.8 Å². The molecule has 5 rings (SSSR count). The number of hydrogen-bond acceptors (Lipinski definition) is 7. The summed E-state index contributed by atoms with van der Waals surface area (Å²) in [7, 11) is 0. The first kappa shape index (κ1) is 25.2. The number of anilines is 2. The first-order valence-electron chi connectivity index (χ1n) is 12.4. The van der Waals surface area contributed by atoms with Crippen LogP contribution >= 0.6 is 11.3 Å². The number of benzene rings is 2. The lowest BCUT2D eigenvalue weighted by Crippen LogP contribution is -2.33. The molecular formula is C27H29FN4O4S. The van der Waals surface area contributed by atoms with Crippen LogP contribution in [0.25, 0.3) is 11.1 Å². The zero-order valence-electron chi connectivity index (χ0n) is 20.5. The van der Waals surface area contributed by atoms with Crippen molar-refractivity contribution in [1.82, 2.24) is 10.3 Å². The van der Waals surface area contributed by atoms with Gasteiger partial charge in [0.15, 0.2) is 5.13 Å². The summed E-state index contributed by atoms with van der Waals surface area (Å²) in [6, 6.07) is 12.5. The molecule has 3 heterocycles. The lowest BCUT2D eigenvalue weighted by Gasteiger charge is -2.14. The summed E-state index contributed by atoms with van der Waals surface area (Å²) < 4.78 is 26.0. The number of carbonyl (C=O) groups excluding carboxylic acids is 2. The van der Waals surface area contributed by atoms with E-state index in [2.05, 4.69) is 15.6 Å². The van der Waals surface area contributed by atoms with Crippen molar-refractivity contribution in [2.24, 2.45) is 0 Å². The second-order valence-corrected chi connectivity index (χ2v) is 10.1. The Balaban J connectivity index is 1.19. The molecule has 2 atom stereocenters. The van der Waals surface area contributed by atoms with Crippen molar-refractivity contribution in [2.75, 3.05) is 36.5 Å². The first-order chi connectivity index (χ1) is 17.9. The fraction of sp³-hybridized carbons (Fsp3) is 0.370. The van der Waals surface area contributed by atoms with Gasteiger partial charge < -0.3 is 20.1 Å². The van der Waals surface area contributed by atoms with Crippen LogP contribution in [0.1, 0.15) is 31.0 Å². The largest absolute Gasteiger partial charge is 0.442 e. The van der Waals surface area contributed by atoms with Gasteiger partial charge in [0.2, 0.25) is 5.91 Å². The number of halogens is 1. The van der Waals surface area contributed by atoms with E-state index in [-0.39, 0.29) is 25.1 Å². The molecule has 2 fully saturated rings. The van der Waals surface area contributed by atoms with E-state index in [4.69, 9.17) is 9.47 Å². The van der Waals surface area contributed by atoms with E-state index in [9.17, 15) is 9.59 Å². The highest BCUT2D eigenvalue weighted by molar-refractivity contribution is 7.13. The fourth-order valence-electron chi connectivity index (χ4n) is 4.49. The number of ether oxygens (including phenoxy) is 2. The van der Waals surface area contributed by atoms with E-state index in [1.54, 1.807) is 23.5 Å². The summed E-state index contributed by atoms with van der Waals surface area (Å²) in [5, 5.41) is 8.94. The van der Waals surface area contributed by atoms with E-state index in [1.807, 2.05) is 29.6 Å².